The highest BCUT2D eigenvalue weighted by Gasteiger charge is 2.12. The van der Waals surface area contributed by atoms with Crippen molar-refractivity contribution in [3.8, 4) is 0 Å². The maximum atomic E-state index is 5.87. The van der Waals surface area contributed by atoms with E-state index in [9.17, 15) is 0 Å². The number of nitrogens with zero attached hydrogens (tertiary/aromatic N) is 1. The van der Waals surface area contributed by atoms with Crippen molar-refractivity contribution < 1.29 is 4.74 Å². The molecule has 0 aromatic rings. The summed E-state index contributed by atoms with van der Waals surface area (Å²) < 4.78 is 5.87. The second kappa shape index (κ2) is 8.97. The van der Waals surface area contributed by atoms with E-state index in [2.05, 4.69) is 24.2 Å². The van der Waals surface area contributed by atoms with Gasteiger partial charge in [-0.2, -0.15) is 0 Å². The molecule has 3 nitrogen and oxygen atoms in total. The van der Waals surface area contributed by atoms with E-state index < -0.39 is 0 Å². The zero-order chi connectivity index (χ0) is 11.6. The molecule has 1 N–H and O–H groups in total. The molecule has 0 spiro atoms. The summed E-state index contributed by atoms with van der Waals surface area (Å²) in [6.07, 6.45) is 6.66. The topological polar surface area (TPSA) is 24.5 Å². The van der Waals surface area contributed by atoms with Crippen LogP contribution < -0.4 is 5.32 Å². The van der Waals surface area contributed by atoms with Gasteiger partial charge in [-0.05, 0) is 52.4 Å². The first-order valence-electron chi connectivity index (χ1n) is 6.83. The monoisotopic (exact) mass is 228 g/mol. The summed E-state index contributed by atoms with van der Waals surface area (Å²) in [6, 6.07) is 0. The van der Waals surface area contributed by atoms with Crippen LogP contribution in [-0.4, -0.2) is 50.8 Å². The molecule has 1 aliphatic heterocycles. The Bertz CT molecular complexity index is 158. The quantitative estimate of drug-likeness (QED) is 0.642. The van der Waals surface area contributed by atoms with Crippen LogP contribution >= 0.6 is 0 Å². The maximum absolute atomic E-state index is 5.87. The van der Waals surface area contributed by atoms with Gasteiger partial charge in [0.05, 0.1) is 6.10 Å². The largest absolute Gasteiger partial charge is 0.378 e. The molecule has 0 aromatic carbocycles. The van der Waals surface area contributed by atoms with Crippen molar-refractivity contribution in [2.75, 3.05) is 39.8 Å². The summed E-state index contributed by atoms with van der Waals surface area (Å²) in [4.78, 5) is 2.41. The summed E-state index contributed by atoms with van der Waals surface area (Å²) in [5, 5.41) is 3.36. The second-order valence-corrected chi connectivity index (χ2v) is 4.83. The lowest BCUT2D eigenvalue weighted by Gasteiger charge is -2.23. The SMILES string of the molecule is CCCCN(C)CCCOC1CCNCC1. The Kier molecular flexibility index (Phi) is 7.81. The Morgan fingerprint density at radius 1 is 1.19 bits per heavy atom. The minimum absolute atomic E-state index is 0.516. The first kappa shape index (κ1) is 13.9. The van der Waals surface area contributed by atoms with Gasteiger partial charge in [0.15, 0.2) is 0 Å². The van der Waals surface area contributed by atoms with Gasteiger partial charge in [-0.25, -0.2) is 0 Å². The van der Waals surface area contributed by atoms with Crippen LogP contribution in [0.2, 0.25) is 0 Å². The number of hydrogen-bond donors (Lipinski definition) is 1. The summed E-state index contributed by atoms with van der Waals surface area (Å²) in [5.41, 5.74) is 0. The van der Waals surface area contributed by atoms with E-state index in [0.29, 0.717) is 6.10 Å². The first-order chi connectivity index (χ1) is 7.83. The van der Waals surface area contributed by atoms with E-state index in [-0.39, 0.29) is 0 Å². The Labute approximate surface area is 101 Å². The Morgan fingerprint density at radius 3 is 2.56 bits per heavy atom. The molecule has 0 amide bonds. The van der Waals surface area contributed by atoms with Gasteiger partial charge in [0.25, 0.3) is 0 Å². The molecule has 0 atom stereocenters. The maximum Gasteiger partial charge on any atom is 0.0599 e. The molecule has 16 heavy (non-hydrogen) atoms. The summed E-state index contributed by atoms with van der Waals surface area (Å²) in [7, 11) is 2.21. The highest BCUT2D eigenvalue weighted by Crippen LogP contribution is 2.07. The van der Waals surface area contributed by atoms with Crippen molar-refractivity contribution >= 4 is 0 Å². The van der Waals surface area contributed by atoms with Crippen molar-refractivity contribution in [2.45, 2.75) is 45.1 Å². The third-order valence-corrected chi connectivity index (χ3v) is 3.22. The molecular weight excluding hydrogens is 200 g/mol. The normalized spacial score (nSPS) is 18.2. The number of rotatable bonds is 8. The average molecular weight is 228 g/mol. The molecule has 1 rings (SSSR count). The van der Waals surface area contributed by atoms with Gasteiger partial charge in [0, 0.05) is 13.2 Å². The molecule has 0 aromatic heterocycles. The first-order valence-corrected chi connectivity index (χ1v) is 6.83. The standard InChI is InChI=1S/C13H28N2O/c1-3-4-10-15(2)11-5-12-16-13-6-8-14-9-7-13/h13-14H,3-12H2,1-2H3. The fourth-order valence-electron chi connectivity index (χ4n) is 2.09. The zero-order valence-electron chi connectivity index (χ0n) is 11.0. The molecule has 1 fully saturated rings. The third-order valence-electron chi connectivity index (χ3n) is 3.22. The van der Waals surface area contributed by atoms with Crippen LogP contribution in [0.3, 0.4) is 0 Å². The molecule has 0 bridgehead atoms. The Balaban J connectivity index is 1.90. The van der Waals surface area contributed by atoms with Gasteiger partial charge in [-0.15, -0.1) is 0 Å². The molecule has 1 heterocycles. The number of hydrogen-bond acceptors (Lipinski definition) is 3. The Morgan fingerprint density at radius 2 is 1.88 bits per heavy atom. The van der Waals surface area contributed by atoms with E-state index >= 15 is 0 Å². The predicted molar refractivity (Wildman–Crippen MR) is 68.9 cm³/mol. The van der Waals surface area contributed by atoms with Crippen molar-refractivity contribution in [3.05, 3.63) is 0 Å². The lowest BCUT2D eigenvalue weighted by Crippen LogP contribution is -2.33. The molecule has 0 unspecified atom stereocenters. The third kappa shape index (κ3) is 6.46. The molecular formula is C13H28N2O. The van der Waals surface area contributed by atoms with Gasteiger partial charge in [0.2, 0.25) is 0 Å². The van der Waals surface area contributed by atoms with Crippen molar-refractivity contribution in [2.24, 2.45) is 0 Å². The predicted octanol–water partition coefficient (Wildman–Crippen LogP) is 1.88. The number of nitrogens with one attached hydrogen (secondary N) is 1. The summed E-state index contributed by atoms with van der Waals surface area (Å²) >= 11 is 0. The molecule has 0 radical (unpaired) electrons. The van der Waals surface area contributed by atoms with Gasteiger partial charge in [-0.1, -0.05) is 13.3 Å². The smallest absolute Gasteiger partial charge is 0.0599 e. The van der Waals surface area contributed by atoms with Gasteiger partial charge >= 0.3 is 0 Å². The van der Waals surface area contributed by atoms with Gasteiger partial charge in [0.1, 0.15) is 0 Å². The number of ether oxygens (including phenoxy) is 1. The van der Waals surface area contributed by atoms with E-state index in [0.717, 1.165) is 19.7 Å². The van der Waals surface area contributed by atoms with Crippen molar-refractivity contribution in [3.63, 3.8) is 0 Å². The van der Waals surface area contributed by atoms with Crippen LogP contribution in [0, 0.1) is 0 Å². The highest BCUT2D eigenvalue weighted by molar-refractivity contribution is 4.68. The molecule has 1 aliphatic rings. The van der Waals surface area contributed by atoms with E-state index in [4.69, 9.17) is 4.74 Å². The van der Waals surface area contributed by atoms with Crippen LogP contribution in [0.4, 0.5) is 0 Å². The van der Waals surface area contributed by atoms with Crippen molar-refractivity contribution in [1.29, 1.82) is 0 Å². The fourth-order valence-corrected chi connectivity index (χ4v) is 2.09. The Hall–Kier alpha value is -0.120. The molecule has 0 saturated carbocycles. The van der Waals surface area contributed by atoms with Crippen LogP contribution in [0.5, 0.6) is 0 Å². The minimum atomic E-state index is 0.516. The lowest BCUT2D eigenvalue weighted by molar-refractivity contribution is 0.0286. The van der Waals surface area contributed by atoms with Gasteiger partial charge in [-0.3, -0.25) is 0 Å². The minimum Gasteiger partial charge on any atom is -0.378 e. The fraction of sp³-hybridized carbons (Fsp3) is 1.00. The van der Waals surface area contributed by atoms with Crippen LogP contribution in [-0.2, 0) is 4.74 Å². The van der Waals surface area contributed by atoms with E-state index in [1.807, 2.05) is 0 Å². The lowest BCUT2D eigenvalue weighted by atomic mass is 10.1. The van der Waals surface area contributed by atoms with Gasteiger partial charge < -0.3 is 15.0 Å². The van der Waals surface area contributed by atoms with Crippen LogP contribution in [0.15, 0.2) is 0 Å². The average Bonchev–Trinajstić information content (AvgIpc) is 2.33. The molecule has 0 aliphatic carbocycles. The second-order valence-electron chi connectivity index (χ2n) is 4.83. The van der Waals surface area contributed by atoms with Crippen LogP contribution in [0.25, 0.3) is 0 Å². The number of unbranched alkanes of at least 4 members (excludes halogenated alkanes) is 1. The number of piperidine rings is 1. The zero-order valence-corrected chi connectivity index (χ0v) is 11.0. The molecule has 96 valence electrons. The van der Waals surface area contributed by atoms with Crippen LogP contribution in [0.1, 0.15) is 39.0 Å². The van der Waals surface area contributed by atoms with E-state index in [1.165, 1.54) is 45.2 Å². The summed E-state index contributed by atoms with van der Waals surface area (Å²) in [5.74, 6) is 0. The van der Waals surface area contributed by atoms with E-state index in [1.54, 1.807) is 0 Å². The summed E-state index contributed by atoms with van der Waals surface area (Å²) in [6.45, 7) is 7.83. The molecule has 3 heteroatoms. The molecule has 1 saturated heterocycles. The highest BCUT2D eigenvalue weighted by atomic mass is 16.5. The van der Waals surface area contributed by atoms with Crippen molar-refractivity contribution in [1.82, 2.24) is 10.2 Å².